The first-order chi connectivity index (χ1) is 13.6. The molecule has 0 bridgehead atoms. The second-order valence-corrected chi connectivity index (χ2v) is 7.67. The van der Waals surface area contributed by atoms with Gasteiger partial charge in [0.2, 0.25) is 5.60 Å². The molecule has 0 fully saturated rings. The van der Waals surface area contributed by atoms with E-state index in [-0.39, 0.29) is 4.88 Å². The second-order valence-electron chi connectivity index (χ2n) is 6.24. The number of carbonyl (C=O) groups is 1. The predicted octanol–water partition coefficient (Wildman–Crippen LogP) is 3.77. The van der Waals surface area contributed by atoms with Crippen LogP contribution >= 0.6 is 22.9 Å². The van der Waals surface area contributed by atoms with Gasteiger partial charge in [-0.05, 0) is 6.07 Å². The maximum Gasteiger partial charge on any atom is 0.424 e. The van der Waals surface area contributed by atoms with Crippen LogP contribution in [0, 0.1) is 0 Å². The highest BCUT2D eigenvalue weighted by Crippen LogP contribution is 2.40. The molecule has 0 spiro atoms. The zero-order chi connectivity index (χ0) is 21.2. The number of halogens is 4. The van der Waals surface area contributed by atoms with Gasteiger partial charge in [0.05, 0.1) is 11.2 Å². The van der Waals surface area contributed by atoms with E-state index in [0.717, 1.165) is 22.1 Å². The molecule has 154 valence electrons. The van der Waals surface area contributed by atoms with Gasteiger partial charge < -0.3 is 15.0 Å². The Morgan fingerprint density at radius 1 is 1.31 bits per heavy atom. The van der Waals surface area contributed by atoms with Crippen LogP contribution in [0.4, 0.5) is 13.2 Å². The molecule has 0 radical (unpaired) electrons. The van der Waals surface area contributed by atoms with Gasteiger partial charge in [0, 0.05) is 38.0 Å². The number of aryl methyl sites for hydroxylation is 1. The quantitative estimate of drug-likeness (QED) is 0.606. The number of nitrogens with one attached hydrogen (secondary N) is 1. The van der Waals surface area contributed by atoms with Crippen LogP contribution in [-0.4, -0.2) is 38.3 Å². The summed E-state index contributed by atoms with van der Waals surface area (Å²) in [4.78, 5) is 20.3. The third-order valence-electron chi connectivity index (χ3n) is 4.27. The van der Waals surface area contributed by atoms with Crippen molar-refractivity contribution in [1.29, 1.82) is 0 Å². The molecule has 2 aromatic heterocycles. The van der Waals surface area contributed by atoms with Gasteiger partial charge in [0.1, 0.15) is 15.7 Å². The number of thiazole rings is 1. The molecule has 3 rings (SSSR count). The summed E-state index contributed by atoms with van der Waals surface area (Å²) < 4.78 is 41.6. The zero-order valence-electron chi connectivity index (χ0n) is 15.1. The van der Waals surface area contributed by atoms with Gasteiger partial charge in [-0.25, -0.2) is 9.97 Å². The van der Waals surface area contributed by atoms with E-state index in [1.807, 2.05) is 0 Å². The average Bonchev–Trinajstić information content (AvgIpc) is 3.30. The highest BCUT2D eigenvalue weighted by molar-refractivity contribution is 7.17. The average molecular weight is 445 g/mol. The molecular weight excluding hydrogens is 429 g/mol. The fraction of sp³-hybridized carbons (Fsp3) is 0.278. The van der Waals surface area contributed by atoms with E-state index in [1.54, 1.807) is 24.3 Å². The van der Waals surface area contributed by atoms with Crippen LogP contribution < -0.4 is 5.32 Å². The van der Waals surface area contributed by atoms with Gasteiger partial charge in [-0.3, -0.25) is 4.79 Å². The van der Waals surface area contributed by atoms with Crippen LogP contribution in [0.15, 0.2) is 42.9 Å². The lowest BCUT2D eigenvalue weighted by Gasteiger charge is -2.29. The van der Waals surface area contributed by atoms with Crippen LogP contribution in [0.25, 0.3) is 10.6 Å². The number of imidazole rings is 1. The van der Waals surface area contributed by atoms with E-state index >= 15 is 0 Å². The zero-order valence-corrected chi connectivity index (χ0v) is 16.6. The lowest BCUT2D eigenvalue weighted by atomic mass is 9.97. The van der Waals surface area contributed by atoms with Crippen LogP contribution in [0.2, 0.25) is 5.02 Å². The van der Waals surface area contributed by atoms with Crippen LogP contribution in [0.5, 0.6) is 0 Å². The molecular formula is C18H16ClF3N4O2S. The van der Waals surface area contributed by atoms with Gasteiger partial charge in [-0.2, -0.15) is 13.2 Å². The summed E-state index contributed by atoms with van der Waals surface area (Å²) in [5.74, 6) is -1.14. The van der Waals surface area contributed by atoms with Gasteiger partial charge >= 0.3 is 6.18 Å². The molecule has 29 heavy (non-hydrogen) atoms. The maximum absolute atomic E-state index is 13.5. The molecule has 0 aliphatic carbocycles. The lowest BCUT2D eigenvalue weighted by molar-refractivity contribution is -0.272. The number of hydrogen-bond donors (Lipinski definition) is 2. The highest BCUT2D eigenvalue weighted by atomic mass is 35.5. The van der Waals surface area contributed by atoms with Crippen molar-refractivity contribution in [2.75, 3.05) is 6.54 Å². The number of benzene rings is 1. The summed E-state index contributed by atoms with van der Waals surface area (Å²) in [6, 6.07) is 6.97. The van der Waals surface area contributed by atoms with Crippen molar-refractivity contribution in [2.24, 2.45) is 7.05 Å². The molecule has 1 unspecified atom stereocenters. The molecule has 0 aliphatic heterocycles. The number of nitrogens with zero attached hydrogens (tertiary/aromatic N) is 3. The standard InChI is InChI=1S/C18H16ClF3N4O2S/c1-26-9-8-24-16(26)17(28,18(20,21)22)6-7-23-14(27)13-10-25-15(29-13)11-4-2-3-5-12(11)19/h2-5,8-10,28H,6-7H2,1H3,(H,23,27). The minimum atomic E-state index is -4.96. The van der Waals surface area contributed by atoms with Crippen molar-refractivity contribution in [3.05, 3.63) is 58.6 Å². The second kappa shape index (κ2) is 8.13. The first-order valence-corrected chi connectivity index (χ1v) is 9.59. The first-order valence-electron chi connectivity index (χ1n) is 8.39. The van der Waals surface area contributed by atoms with E-state index in [4.69, 9.17) is 11.6 Å². The van der Waals surface area contributed by atoms with E-state index in [0.29, 0.717) is 15.6 Å². The van der Waals surface area contributed by atoms with Crippen molar-refractivity contribution < 1.29 is 23.1 Å². The maximum atomic E-state index is 13.5. The van der Waals surface area contributed by atoms with Crippen molar-refractivity contribution in [3.8, 4) is 10.6 Å². The Morgan fingerprint density at radius 2 is 2.03 bits per heavy atom. The number of amides is 1. The number of aliphatic hydroxyl groups is 1. The van der Waals surface area contributed by atoms with Gasteiger partial charge in [0.25, 0.3) is 5.91 Å². The topological polar surface area (TPSA) is 80.0 Å². The molecule has 1 aromatic carbocycles. The SMILES string of the molecule is Cn1ccnc1C(O)(CCNC(=O)c1cnc(-c2ccccc2Cl)s1)C(F)(F)F. The van der Waals surface area contributed by atoms with Gasteiger partial charge in [0.15, 0.2) is 0 Å². The molecule has 1 atom stereocenters. The summed E-state index contributed by atoms with van der Waals surface area (Å²) in [7, 11) is 1.35. The Bertz CT molecular complexity index is 1020. The van der Waals surface area contributed by atoms with Crippen LogP contribution in [0.3, 0.4) is 0 Å². The van der Waals surface area contributed by atoms with E-state index < -0.39 is 36.5 Å². The summed E-state index contributed by atoms with van der Waals surface area (Å²) in [5.41, 5.74) is -2.53. The van der Waals surface area contributed by atoms with Crippen molar-refractivity contribution in [1.82, 2.24) is 19.9 Å². The number of rotatable bonds is 6. The Labute approximate surface area is 173 Å². The summed E-state index contributed by atoms with van der Waals surface area (Å²) in [6.07, 6.45) is -1.95. The number of aromatic nitrogens is 3. The Morgan fingerprint density at radius 3 is 2.66 bits per heavy atom. The highest BCUT2D eigenvalue weighted by Gasteiger charge is 2.57. The molecule has 0 saturated heterocycles. The molecule has 0 aliphatic rings. The minimum absolute atomic E-state index is 0.215. The number of hydrogen-bond acceptors (Lipinski definition) is 5. The van der Waals surface area contributed by atoms with E-state index in [1.165, 1.54) is 19.4 Å². The fourth-order valence-electron chi connectivity index (χ4n) is 2.73. The number of alkyl halides is 3. The van der Waals surface area contributed by atoms with Crippen LogP contribution in [0.1, 0.15) is 21.9 Å². The first kappa shape index (κ1) is 21.3. The van der Waals surface area contributed by atoms with Crippen LogP contribution in [-0.2, 0) is 12.6 Å². The third-order valence-corrected chi connectivity index (χ3v) is 5.63. The summed E-state index contributed by atoms with van der Waals surface area (Å²) >= 11 is 7.17. The Balaban J connectivity index is 1.69. The van der Waals surface area contributed by atoms with Gasteiger partial charge in [-0.1, -0.05) is 29.8 Å². The molecule has 2 heterocycles. The summed E-state index contributed by atoms with van der Waals surface area (Å²) in [5, 5.41) is 13.6. The molecule has 11 heteroatoms. The monoisotopic (exact) mass is 444 g/mol. The van der Waals surface area contributed by atoms with E-state index in [9.17, 15) is 23.1 Å². The number of carbonyl (C=O) groups excluding carboxylic acids is 1. The molecule has 3 aromatic rings. The normalized spacial score (nSPS) is 13.9. The fourth-order valence-corrected chi connectivity index (χ4v) is 3.88. The Kier molecular flexibility index (Phi) is 5.97. The van der Waals surface area contributed by atoms with Crippen molar-refractivity contribution in [3.63, 3.8) is 0 Å². The molecule has 1 amide bonds. The molecule has 0 saturated carbocycles. The smallest absolute Gasteiger partial charge is 0.374 e. The van der Waals surface area contributed by atoms with Crippen molar-refractivity contribution >= 4 is 28.8 Å². The minimum Gasteiger partial charge on any atom is -0.374 e. The predicted molar refractivity (Wildman–Crippen MR) is 103 cm³/mol. The Hall–Kier alpha value is -2.43. The summed E-state index contributed by atoms with van der Waals surface area (Å²) in [6.45, 7) is -0.416. The molecule has 2 N–H and O–H groups in total. The largest absolute Gasteiger partial charge is 0.424 e. The third kappa shape index (κ3) is 4.29. The van der Waals surface area contributed by atoms with Gasteiger partial charge in [-0.15, -0.1) is 11.3 Å². The van der Waals surface area contributed by atoms with E-state index in [2.05, 4.69) is 15.3 Å². The molecule has 6 nitrogen and oxygen atoms in total. The lowest BCUT2D eigenvalue weighted by Crippen LogP contribution is -2.46. The van der Waals surface area contributed by atoms with Crippen molar-refractivity contribution in [2.45, 2.75) is 18.2 Å².